The van der Waals surface area contributed by atoms with Crippen LogP contribution >= 0.6 is 11.6 Å². The van der Waals surface area contributed by atoms with E-state index in [-0.39, 0.29) is 12.6 Å². The molecule has 0 aliphatic rings. The molecule has 3 rings (SSSR count). The van der Waals surface area contributed by atoms with Crippen molar-refractivity contribution >= 4 is 11.6 Å². The summed E-state index contributed by atoms with van der Waals surface area (Å²) in [4.78, 5) is 2.43. The molecule has 3 aromatic carbocycles. The van der Waals surface area contributed by atoms with Gasteiger partial charge in [-0.15, -0.1) is 0 Å². The molecule has 0 heterocycles. The topological polar surface area (TPSA) is 23.5 Å². The van der Waals surface area contributed by atoms with Gasteiger partial charge in [0.15, 0.2) is 0 Å². The maximum Gasteiger partial charge on any atom is 0.0454 e. The molecular formula is C24H26ClNO. The summed E-state index contributed by atoms with van der Waals surface area (Å²) in [5, 5.41) is 10.2. The molecule has 0 saturated carbocycles. The van der Waals surface area contributed by atoms with Crippen molar-refractivity contribution in [2.24, 2.45) is 0 Å². The largest absolute Gasteiger partial charge is 0.396 e. The van der Waals surface area contributed by atoms with Crippen LogP contribution in [0.3, 0.4) is 0 Å². The van der Waals surface area contributed by atoms with Gasteiger partial charge >= 0.3 is 0 Å². The highest BCUT2D eigenvalue weighted by molar-refractivity contribution is 6.31. The average molecular weight is 380 g/mol. The van der Waals surface area contributed by atoms with Crippen LogP contribution in [0.1, 0.15) is 29.2 Å². The van der Waals surface area contributed by atoms with E-state index in [0.29, 0.717) is 0 Å². The van der Waals surface area contributed by atoms with Crippen molar-refractivity contribution in [3.05, 3.63) is 107 Å². The highest BCUT2D eigenvalue weighted by atomic mass is 35.5. The van der Waals surface area contributed by atoms with E-state index in [4.69, 9.17) is 11.6 Å². The zero-order valence-electron chi connectivity index (χ0n) is 15.5. The Bertz CT molecular complexity index is 807. The molecule has 3 aromatic rings. The first-order valence-electron chi connectivity index (χ1n) is 9.45. The fourth-order valence-electron chi connectivity index (χ4n) is 3.46. The first kappa shape index (κ1) is 19.6. The van der Waals surface area contributed by atoms with Gasteiger partial charge in [-0.2, -0.15) is 0 Å². The highest BCUT2D eigenvalue weighted by Gasteiger charge is 2.23. The van der Waals surface area contributed by atoms with Crippen LogP contribution in [0.15, 0.2) is 84.9 Å². The Labute approximate surface area is 167 Å². The second-order valence-electron chi connectivity index (χ2n) is 6.76. The van der Waals surface area contributed by atoms with Crippen LogP contribution in [0.5, 0.6) is 0 Å². The first-order valence-corrected chi connectivity index (χ1v) is 9.83. The Morgan fingerprint density at radius 2 is 1.37 bits per heavy atom. The highest BCUT2D eigenvalue weighted by Crippen LogP contribution is 2.32. The maximum atomic E-state index is 9.43. The van der Waals surface area contributed by atoms with E-state index in [0.717, 1.165) is 36.5 Å². The number of aliphatic hydroxyl groups is 1. The van der Waals surface area contributed by atoms with Crippen molar-refractivity contribution in [3.8, 4) is 0 Å². The summed E-state index contributed by atoms with van der Waals surface area (Å²) in [5.74, 6) is 0. The monoisotopic (exact) mass is 379 g/mol. The first-order chi connectivity index (χ1) is 13.3. The van der Waals surface area contributed by atoms with Gasteiger partial charge < -0.3 is 5.11 Å². The van der Waals surface area contributed by atoms with E-state index >= 15 is 0 Å². The Kier molecular flexibility index (Phi) is 7.46. The lowest BCUT2D eigenvalue weighted by molar-refractivity contribution is 0.165. The molecule has 0 aliphatic carbocycles. The number of rotatable bonds is 9. The van der Waals surface area contributed by atoms with Crippen molar-refractivity contribution < 1.29 is 5.11 Å². The smallest absolute Gasteiger partial charge is 0.0454 e. The fraction of sp³-hybridized carbons (Fsp3) is 0.250. The third-order valence-electron chi connectivity index (χ3n) is 4.81. The molecule has 0 spiro atoms. The number of nitrogens with zero attached hydrogens (tertiary/aromatic N) is 1. The molecule has 0 aliphatic heterocycles. The Morgan fingerprint density at radius 1 is 0.778 bits per heavy atom. The SMILES string of the molecule is OCCCN(Cc1ccccc1)C(Cc1ccccc1)c1ccccc1Cl. The van der Waals surface area contributed by atoms with Crippen molar-refractivity contribution in [2.45, 2.75) is 25.4 Å². The van der Waals surface area contributed by atoms with Crippen LogP contribution < -0.4 is 0 Å². The number of hydrogen-bond donors (Lipinski definition) is 1. The van der Waals surface area contributed by atoms with Crippen LogP contribution in [-0.4, -0.2) is 23.2 Å². The van der Waals surface area contributed by atoms with E-state index < -0.39 is 0 Å². The van der Waals surface area contributed by atoms with Gasteiger partial charge in [0.05, 0.1) is 0 Å². The van der Waals surface area contributed by atoms with Gasteiger partial charge in [-0.25, -0.2) is 0 Å². The lowest BCUT2D eigenvalue weighted by Gasteiger charge is -2.33. The summed E-state index contributed by atoms with van der Waals surface area (Å²) in [6.07, 6.45) is 1.62. The van der Waals surface area contributed by atoms with Crippen LogP contribution in [0.2, 0.25) is 5.02 Å². The summed E-state index contributed by atoms with van der Waals surface area (Å²) in [6.45, 7) is 1.82. The molecule has 1 N–H and O–H groups in total. The minimum Gasteiger partial charge on any atom is -0.396 e. The van der Waals surface area contributed by atoms with Crippen LogP contribution in [0.25, 0.3) is 0 Å². The zero-order valence-corrected chi connectivity index (χ0v) is 16.2. The molecular weight excluding hydrogens is 354 g/mol. The van der Waals surface area contributed by atoms with Gasteiger partial charge in [-0.3, -0.25) is 4.90 Å². The lowest BCUT2D eigenvalue weighted by atomic mass is 9.96. The predicted octanol–water partition coefficient (Wildman–Crippen LogP) is 5.51. The quantitative estimate of drug-likeness (QED) is 0.530. The molecule has 0 fully saturated rings. The molecule has 3 heteroatoms. The van der Waals surface area contributed by atoms with Gasteiger partial charge in [0.1, 0.15) is 0 Å². The lowest BCUT2D eigenvalue weighted by Crippen LogP contribution is -2.31. The Morgan fingerprint density at radius 3 is 2.00 bits per heavy atom. The van der Waals surface area contributed by atoms with E-state index in [1.165, 1.54) is 11.1 Å². The van der Waals surface area contributed by atoms with Crippen molar-refractivity contribution in [2.75, 3.05) is 13.2 Å². The average Bonchev–Trinajstić information content (AvgIpc) is 2.72. The molecule has 0 amide bonds. The van der Waals surface area contributed by atoms with E-state index in [2.05, 4.69) is 59.5 Å². The standard InChI is InChI=1S/C24H26ClNO/c25-23-15-8-7-14-22(23)24(18-20-10-3-1-4-11-20)26(16-9-17-27)19-21-12-5-2-6-13-21/h1-8,10-15,24,27H,9,16-19H2. The molecule has 1 unspecified atom stereocenters. The normalized spacial score (nSPS) is 12.3. The third-order valence-corrected chi connectivity index (χ3v) is 5.15. The Hall–Kier alpha value is -2.13. The molecule has 2 nitrogen and oxygen atoms in total. The molecule has 1 atom stereocenters. The Balaban J connectivity index is 1.94. The molecule has 0 radical (unpaired) electrons. The summed E-state index contributed by atoms with van der Waals surface area (Å²) in [7, 11) is 0. The van der Waals surface area contributed by atoms with Crippen LogP contribution in [0.4, 0.5) is 0 Å². The second-order valence-corrected chi connectivity index (χ2v) is 7.17. The predicted molar refractivity (Wildman–Crippen MR) is 113 cm³/mol. The minimum absolute atomic E-state index is 0.146. The maximum absolute atomic E-state index is 9.43. The summed E-state index contributed by atoms with van der Waals surface area (Å²) < 4.78 is 0. The number of aliphatic hydroxyl groups excluding tert-OH is 1. The van der Waals surface area contributed by atoms with Crippen LogP contribution in [0, 0.1) is 0 Å². The number of hydrogen-bond acceptors (Lipinski definition) is 2. The van der Waals surface area contributed by atoms with Gasteiger partial charge in [-0.1, -0.05) is 90.5 Å². The van der Waals surface area contributed by atoms with Gasteiger partial charge in [0.2, 0.25) is 0 Å². The van der Waals surface area contributed by atoms with Gasteiger partial charge in [-0.05, 0) is 35.6 Å². The van der Waals surface area contributed by atoms with Gasteiger partial charge in [0, 0.05) is 30.8 Å². The summed E-state index contributed by atoms with van der Waals surface area (Å²) in [6, 6.07) is 29.3. The summed E-state index contributed by atoms with van der Waals surface area (Å²) in [5.41, 5.74) is 3.68. The van der Waals surface area contributed by atoms with Crippen LogP contribution in [-0.2, 0) is 13.0 Å². The minimum atomic E-state index is 0.146. The zero-order chi connectivity index (χ0) is 18.9. The molecule has 0 saturated heterocycles. The number of benzene rings is 3. The van der Waals surface area contributed by atoms with Crippen molar-refractivity contribution in [1.29, 1.82) is 0 Å². The molecule has 140 valence electrons. The fourth-order valence-corrected chi connectivity index (χ4v) is 3.72. The van der Waals surface area contributed by atoms with Crippen molar-refractivity contribution in [1.82, 2.24) is 4.90 Å². The molecule has 0 aromatic heterocycles. The molecule has 0 bridgehead atoms. The third kappa shape index (κ3) is 5.67. The summed E-state index contributed by atoms with van der Waals surface area (Å²) >= 11 is 6.59. The number of halogens is 1. The molecule has 27 heavy (non-hydrogen) atoms. The second kappa shape index (κ2) is 10.3. The van der Waals surface area contributed by atoms with Gasteiger partial charge in [0.25, 0.3) is 0 Å². The van der Waals surface area contributed by atoms with E-state index in [1.54, 1.807) is 0 Å². The van der Waals surface area contributed by atoms with Crippen molar-refractivity contribution in [3.63, 3.8) is 0 Å². The van der Waals surface area contributed by atoms with E-state index in [9.17, 15) is 5.11 Å². The van der Waals surface area contributed by atoms with E-state index in [1.807, 2.05) is 30.3 Å².